The number of fused-ring (bicyclic) bond motifs is 1. The lowest BCUT2D eigenvalue weighted by Gasteiger charge is -2.25. The van der Waals surface area contributed by atoms with Gasteiger partial charge in [0.1, 0.15) is 17.5 Å². The van der Waals surface area contributed by atoms with Crippen molar-refractivity contribution in [2.45, 2.75) is 5.50 Å². The van der Waals surface area contributed by atoms with Gasteiger partial charge in [-0.2, -0.15) is 5.26 Å². The highest BCUT2D eigenvalue weighted by Gasteiger charge is 2.19. The number of nitriles is 1. The summed E-state index contributed by atoms with van der Waals surface area (Å²) in [5.41, 5.74) is 1.61. The summed E-state index contributed by atoms with van der Waals surface area (Å²) in [6.07, 6.45) is 3.47. The predicted molar refractivity (Wildman–Crippen MR) is 70.3 cm³/mol. The van der Waals surface area contributed by atoms with E-state index in [0.29, 0.717) is 17.7 Å². The maximum atomic E-state index is 9.11. The first-order valence-corrected chi connectivity index (χ1v) is 6.18. The average Bonchev–Trinajstić information content (AvgIpc) is 2.93. The number of alkyl halides is 1. The molecule has 6 heteroatoms. The lowest BCUT2D eigenvalue weighted by molar-refractivity contribution is 0.388. The summed E-state index contributed by atoms with van der Waals surface area (Å²) in [6, 6.07) is 9.46. The van der Waals surface area contributed by atoms with Crippen LogP contribution < -0.4 is 10.8 Å². The molecule has 2 aromatic rings. The number of H-pyrrole nitrogens is 1. The van der Waals surface area contributed by atoms with E-state index in [0.717, 1.165) is 10.9 Å². The topological polar surface area (TPSA) is 68.1 Å². The van der Waals surface area contributed by atoms with E-state index in [1.807, 2.05) is 29.3 Å². The molecule has 0 bridgehead atoms. The van der Waals surface area contributed by atoms with E-state index in [2.05, 4.69) is 21.0 Å². The molecule has 1 aromatic heterocycles. The van der Waals surface area contributed by atoms with Crippen LogP contribution in [0, 0.1) is 11.3 Å². The second kappa shape index (κ2) is 4.75. The van der Waals surface area contributed by atoms with Crippen molar-refractivity contribution in [3.63, 3.8) is 0 Å². The molecule has 0 amide bonds. The van der Waals surface area contributed by atoms with E-state index < -0.39 is 5.50 Å². The van der Waals surface area contributed by atoms with Crippen molar-refractivity contribution in [1.29, 1.82) is 5.26 Å². The molecule has 1 atom stereocenters. The molecule has 0 fully saturated rings. The maximum Gasteiger partial charge on any atom is 0.176 e. The summed E-state index contributed by atoms with van der Waals surface area (Å²) in [5.74, 6) is 0. The van der Waals surface area contributed by atoms with Crippen molar-refractivity contribution in [3.8, 4) is 6.07 Å². The number of halogens is 1. The minimum Gasteiger partial charge on any atom is -0.342 e. The number of aromatic amines is 1. The van der Waals surface area contributed by atoms with Crippen molar-refractivity contribution >= 4 is 17.8 Å². The van der Waals surface area contributed by atoms with E-state index in [4.69, 9.17) is 16.9 Å². The van der Waals surface area contributed by atoms with Gasteiger partial charge < -0.3 is 9.88 Å². The van der Waals surface area contributed by atoms with Crippen LogP contribution in [0.25, 0.3) is 6.20 Å². The molecule has 19 heavy (non-hydrogen) atoms. The SMILES string of the molecule is N#Cc1ccccc1C(Cl)N1C=c2[nH]cnc2=NC1. The zero-order valence-electron chi connectivity index (χ0n) is 9.92. The molecule has 94 valence electrons. The second-order valence-corrected chi connectivity index (χ2v) is 4.53. The normalized spacial score (nSPS) is 14.8. The quantitative estimate of drug-likeness (QED) is 0.650. The number of benzene rings is 1. The first kappa shape index (κ1) is 11.8. The summed E-state index contributed by atoms with van der Waals surface area (Å²) in [7, 11) is 0. The van der Waals surface area contributed by atoms with Crippen LogP contribution in [0.4, 0.5) is 0 Å². The Morgan fingerprint density at radius 1 is 1.42 bits per heavy atom. The monoisotopic (exact) mass is 271 g/mol. The van der Waals surface area contributed by atoms with E-state index in [-0.39, 0.29) is 0 Å². The van der Waals surface area contributed by atoms with Crippen LogP contribution in [-0.2, 0) is 0 Å². The van der Waals surface area contributed by atoms with Crippen LogP contribution in [-0.4, -0.2) is 21.5 Å². The number of nitrogens with zero attached hydrogens (tertiary/aromatic N) is 4. The van der Waals surface area contributed by atoms with E-state index in [9.17, 15) is 0 Å². The Morgan fingerprint density at radius 3 is 3.11 bits per heavy atom. The highest BCUT2D eigenvalue weighted by Crippen LogP contribution is 2.28. The third kappa shape index (κ3) is 2.07. The number of rotatable bonds is 2. The smallest absolute Gasteiger partial charge is 0.176 e. The molecule has 1 aliphatic heterocycles. The molecule has 2 heterocycles. The summed E-state index contributed by atoms with van der Waals surface area (Å²) in [4.78, 5) is 13.3. The van der Waals surface area contributed by atoms with Crippen LogP contribution in [0.5, 0.6) is 0 Å². The van der Waals surface area contributed by atoms with Crippen LogP contribution >= 0.6 is 11.6 Å². The zero-order valence-corrected chi connectivity index (χ0v) is 10.7. The fraction of sp³-hybridized carbons (Fsp3) is 0.154. The number of aromatic nitrogens is 2. The Bertz CT molecular complexity index is 758. The molecule has 0 radical (unpaired) electrons. The van der Waals surface area contributed by atoms with Crippen LogP contribution in [0.3, 0.4) is 0 Å². The van der Waals surface area contributed by atoms with Crippen molar-refractivity contribution in [2.75, 3.05) is 6.67 Å². The Morgan fingerprint density at radius 2 is 2.26 bits per heavy atom. The van der Waals surface area contributed by atoms with E-state index in [1.165, 1.54) is 0 Å². The number of imidazole rings is 1. The molecule has 1 aliphatic rings. The molecule has 1 N–H and O–H groups in total. The molecule has 0 aliphatic carbocycles. The average molecular weight is 272 g/mol. The van der Waals surface area contributed by atoms with Crippen molar-refractivity contribution in [2.24, 2.45) is 4.99 Å². The Labute approximate surface area is 114 Å². The second-order valence-electron chi connectivity index (χ2n) is 4.12. The molecule has 3 rings (SSSR count). The Balaban J connectivity index is 1.98. The lowest BCUT2D eigenvalue weighted by Crippen LogP contribution is -2.36. The maximum absolute atomic E-state index is 9.11. The van der Waals surface area contributed by atoms with Gasteiger partial charge in [-0.25, -0.2) is 9.98 Å². The third-order valence-corrected chi connectivity index (χ3v) is 3.44. The minimum atomic E-state index is -0.434. The van der Waals surface area contributed by atoms with Crippen molar-refractivity contribution in [3.05, 3.63) is 52.6 Å². The summed E-state index contributed by atoms with van der Waals surface area (Å²) < 4.78 is 0. The first-order chi connectivity index (χ1) is 9.29. The number of hydrogen-bond donors (Lipinski definition) is 1. The largest absolute Gasteiger partial charge is 0.342 e. The van der Waals surface area contributed by atoms with Gasteiger partial charge in [0.05, 0.1) is 18.0 Å². The van der Waals surface area contributed by atoms with Gasteiger partial charge in [0.25, 0.3) is 0 Å². The number of hydrogen-bond acceptors (Lipinski definition) is 4. The van der Waals surface area contributed by atoms with Gasteiger partial charge in [0.15, 0.2) is 5.49 Å². The van der Waals surface area contributed by atoms with E-state index in [1.54, 1.807) is 12.4 Å². The molecule has 0 saturated heterocycles. The Kier molecular flexibility index (Phi) is 2.94. The molecular formula is C13H10ClN5. The van der Waals surface area contributed by atoms with Gasteiger partial charge >= 0.3 is 0 Å². The summed E-state index contributed by atoms with van der Waals surface area (Å²) in [5, 5.41) is 9.94. The van der Waals surface area contributed by atoms with Crippen LogP contribution in [0.15, 0.2) is 35.6 Å². The van der Waals surface area contributed by atoms with Gasteiger partial charge in [-0.15, -0.1) is 0 Å². The van der Waals surface area contributed by atoms with Gasteiger partial charge in [-0.3, -0.25) is 0 Å². The van der Waals surface area contributed by atoms with Gasteiger partial charge in [-0.05, 0) is 6.07 Å². The Hall–Kier alpha value is -2.32. The first-order valence-electron chi connectivity index (χ1n) is 5.74. The molecule has 1 aromatic carbocycles. The lowest BCUT2D eigenvalue weighted by atomic mass is 10.1. The standard InChI is InChI=1S/C13H10ClN5/c14-12(10-4-2-1-3-9(10)5-15)19-6-11-13(18-8-19)17-7-16-11/h1-4,6-7,12H,8H2,(H,16,17,18). The van der Waals surface area contributed by atoms with Gasteiger partial charge in [-0.1, -0.05) is 29.8 Å². The minimum absolute atomic E-state index is 0.422. The highest BCUT2D eigenvalue weighted by molar-refractivity contribution is 6.20. The van der Waals surface area contributed by atoms with E-state index >= 15 is 0 Å². The van der Waals surface area contributed by atoms with Gasteiger partial charge in [0.2, 0.25) is 0 Å². The molecule has 0 spiro atoms. The third-order valence-electron chi connectivity index (χ3n) is 2.96. The molecule has 0 saturated carbocycles. The fourth-order valence-corrected chi connectivity index (χ4v) is 2.30. The van der Waals surface area contributed by atoms with Crippen molar-refractivity contribution in [1.82, 2.24) is 14.9 Å². The van der Waals surface area contributed by atoms with Gasteiger partial charge in [0, 0.05) is 11.8 Å². The van der Waals surface area contributed by atoms with Crippen molar-refractivity contribution < 1.29 is 0 Å². The summed E-state index contributed by atoms with van der Waals surface area (Å²) >= 11 is 6.45. The number of nitrogens with one attached hydrogen (secondary N) is 1. The fourth-order valence-electron chi connectivity index (χ4n) is 2.00. The molecular weight excluding hydrogens is 262 g/mol. The highest BCUT2D eigenvalue weighted by atomic mass is 35.5. The summed E-state index contributed by atoms with van der Waals surface area (Å²) in [6.45, 7) is 0.422. The predicted octanol–water partition coefficient (Wildman–Crippen LogP) is 0.850. The van der Waals surface area contributed by atoms with Crippen LogP contribution in [0.1, 0.15) is 16.6 Å². The van der Waals surface area contributed by atoms with Crippen LogP contribution in [0.2, 0.25) is 0 Å². The zero-order chi connectivity index (χ0) is 13.2. The molecule has 5 nitrogen and oxygen atoms in total. The molecule has 1 unspecified atom stereocenters.